The molecule has 3 aliphatic rings. The van der Waals surface area contributed by atoms with Crippen LogP contribution >= 0.6 is 0 Å². The summed E-state index contributed by atoms with van der Waals surface area (Å²) in [5.41, 5.74) is 1.03. The third-order valence-corrected chi connectivity index (χ3v) is 7.57. The molecule has 33 heavy (non-hydrogen) atoms. The van der Waals surface area contributed by atoms with Gasteiger partial charge in [-0.1, -0.05) is 13.0 Å². The third kappa shape index (κ3) is 5.95. The Kier molecular flexibility index (Phi) is 8.03. The van der Waals surface area contributed by atoms with Gasteiger partial charge >= 0.3 is 12.2 Å². The summed E-state index contributed by atoms with van der Waals surface area (Å²) in [6.45, 7) is 4.53. The van der Waals surface area contributed by atoms with E-state index in [2.05, 4.69) is 27.9 Å². The van der Waals surface area contributed by atoms with Gasteiger partial charge < -0.3 is 30.5 Å². The maximum Gasteiger partial charge on any atom is 0.506 e. The van der Waals surface area contributed by atoms with Crippen LogP contribution in [-0.4, -0.2) is 60.2 Å². The number of ether oxygens (including phenoxy) is 2. The van der Waals surface area contributed by atoms with Crippen molar-refractivity contribution in [2.24, 2.45) is 17.8 Å². The highest BCUT2D eigenvalue weighted by Gasteiger charge is 2.44. The van der Waals surface area contributed by atoms with Crippen LogP contribution in [0.25, 0.3) is 0 Å². The summed E-state index contributed by atoms with van der Waals surface area (Å²) in [5, 5.41) is 19.1. The third-order valence-electron chi connectivity index (χ3n) is 7.57. The van der Waals surface area contributed by atoms with E-state index in [-0.39, 0.29) is 42.2 Å². The molecule has 9 heteroatoms. The summed E-state index contributed by atoms with van der Waals surface area (Å²) >= 11 is 0. The van der Waals surface area contributed by atoms with E-state index in [9.17, 15) is 9.59 Å². The fourth-order valence-electron chi connectivity index (χ4n) is 5.81. The molecule has 1 aromatic heterocycles. The number of carbonyl (C=O) groups is 2. The van der Waals surface area contributed by atoms with Crippen LogP contribution in [0.3, 0.4) is 0 Å². The molecule has 7 atom stereocenters. The molecule has 0 aromatic carbocycles. The van der Waals surface area contributed by atoms with E-state index < -0.39 is 6.16 Å². The Morgan fingerprint density at radius 2 is 2.21 bits per heavy atom. The number of hydrogen-bond acceptors (Lipinski definition) is 7. The van der Waals surface area contributed by atoms with Gasteiger partial charge in [0.1, 0.15) is 12.2 Å². The number of hydrogen-bond donors (Lipinski definition) is 4. The fourth-order valence-corrected chi connectivity index (χ4v) is 5.81. The zero-order valence-corrected chi connectivity index (χ0v) is 19.2. The van der Waals surface area contributed by atoms with Crippen molar-refractivity contribution in [3.63, 3.8) is 0 Å². The van der Waals surface area contributed by atoms with E-state index >= 15 is 0 Å². The van der Waals surface area contributed by atoms with Crippen molar-refractivity contribution in [1.82, 2.24) is 20.9 Å². The first-order valence-corrected chi connectivity index (χ1v) is 12.3. The molecule has 4 rings (SSSR count). The number of carbonyl (C=O) groups excluding carboxylic acids is 1. The summed E-state index contributed by atoms with van der Waals surface area (Å²) in [6, 6.07) is 6.12. The first kappa shape index (κ1) is 23.8. The van der Waals surface area contributed by atoms with E-state index in [0.717, 1.165) is 57.4 Å². The van der Waals surface area contributed by atoms with Gasteiger partial charge in [0.25, 0.3) is 0 Å². The molecule has 3 fully saturated rings. The van der Waals surface area contributed by atoms with Crippen LogP contribution in [0.5, 0.6) is 0 Å². The van der Waals surface area contributed by atoms with Crippen LogP contribution in [0.2, 0.25) is 0 Å². The summed E-state index contributed by atoms with van der Waals surface area (Å²) in [5.74, 6) is 0.660. The zero-order chi connectivity index (χ0) is 23.2. The van der Waals surface area contributed by atoms with Crippen LogP contribution in [-0.2, 0) is 9.47 Å². The number of aromatic nitrogens is 1. The van der Waals surface area contributed by atoms with Gasteiger partial charge in [-0.3, -0.25) is 4.98 Å². The molecule has 182 valence electrons. The second kappa shape index (κ2) is 11.2. The summed E-state index contributed by atoms with van der Waals surface area (Å²) in [6.07, 6.45) is 5.01. The van der Waals surface area contributed by atoms with Crippen molar-refractivity contribution in [3.8, 4) is 0 Å². The maximum absolute atomic E-state index is 12.3. The molecule has 7 unspecified atom stereocenters. The predicted molar refractivity (Wildman–Crippen MR) is 122 cm³/mol. The molecule has 4 N–H and O–H groups in total. The average molecular weight is 461 g/mol. The van der Waals surface area contributed by atoms with Gasteiger partial charge in [0, 0.05) is 24.7 Å². The number of nitrogens with zero attached hydrogens (tertiary/aromatic N) is 1. The van der Waals surface area contributed by atoms with Gasteiger partial charge in [0.15, 0.2) is 0 Å². The lowest BCUT2D eigenvalue weighted by molar-refractivity contribution is 0.00389. The Hall–Kier alpha value is -2.39. The molecule has 0 radical (unpaired) electrons. The van der Waals surface area contributed by atoms with Crippen LogP contribution in [0.1, 0.15) is 57.2 Å². The lowest BCUT2D eigenvalue weighted by Crippen LogP contribution is -2.47. The molecule has 3 aliphatic heterocycles. The molecule has 4 heterocycles. The molecule has 1 aromatic rings. The van der Waals surface area contributed by atoms with Gasteiger partial charge in [0.05, 0.1) is 11.7 Å². The highest BCUT2D eigenvalue weighted by molar-refractivity contribution is 5.70. The average Bonchev–Trinajstić information content (AvgIpc) is 3.22. The smallest absolute Gasteiger partial charge is 0.450 e. The Bertz CT molecular complexity index is 794. The summed E-state index contributed by atoms with van der Waals surface area (Å²) < 4.78 is 11.0. The Morgan fingerprint density at radius 1 is 1.33 bits per heavy atom. The quantitative estimate of drug-likeness (QED) is 0.437. The molecule has 0 bridgehead atoms. The number of rotatable bonds is 8. The van der Waals surface area contributed by atoms with Crippen LogP contribution in [0, 0.1) is 17.8 Å². The van der Waals surface area contributed by atoms with Crippen LogP contribution < -0.4 is 16.0 Å². The van der Waals surface area contributed by atoms with E-state index in [1.165, 1.54) is 0 Å². The van der Waals surface area contributed by atoms with E-state index in [1.807, 2.05) is 24.4 Å². The van der Waals surface area contributed by atoms with Crippen LogP contribution in [0.4, 0.5) is 9.59 Å². The Morgan fingerprint density at radius 3 is 2.97 bits per heavy atom. The van der Waals surface area contributed by atoms with Crippen molar-refractivity contribution in [1.29, 1.82) is 0 Å². The van der Waals surface area contributed by atoms with Crippen molar-refractivity contribution in [2.75, 3.05) is 19.6 Å². The molecular formula is C24H36N4O5. The molecule has 1 amide bonds. The number of pyridine rings is 1. The van der Waals surface area contributed by atoms with Crippen LogP contribution in [0.15, 0.2) is 24.4 Å². The van der Waals surface area contributed by atoms with Crippen molar-refractivity contribution in [2.45, 2.75) is 69.7 Å². The molecular weight excluding hydrogens is 424 g/mol. The van der Waals surface area contributed by atoms with Crippen molar-refractivity contribution >= 4 is 12.2 Å². The SMILES string of the molecule is CCC(CCC1CNCCC1OC(=O)O)C1OC(=O)NC1C1CCNC(c2ccccn2)C1. The molecule has 0 aliphatic carbocycles. The topological polar surface area (TPSA) is 122 Å². The minimum atomic E-state index is -1.21. The number of amides is 1. The van der Waals surface area contributed by atoms with Crippen molar-refractivity contribution in [3.05, 3.63) is 30.1 Å². The number of cyclic esters (lactones) is 1. The monoisotopic (exact) mass is 460 g/mol. The highest BCUT2D eigenvalue weighted by atomic mass is 16.7. The normalized spacial score (nSPS) is 33.1. The van der Waals surface area contributed by atoms with E-state index in [1.54, 1.807) is 0 Å². The van der Waals surface area contributed by atoms with Crippen molar-refractivity contribution < 1.29 is 24.2 Å². The van der Waals surface area contributed by atoms with Gasteiger partial charge in [-0.15, -0.1) is 0 Å². The first-order valence-electron chi connectivity index (χ1n) is 12.3. The second-order valence-corrected chi connectivity index (χ2v) is 9.51. The lowest BCUT2D eigenvalue weighted by Gasteiger charge is -2.37. The first-order chi connectivity index (χ1) is 16.0. The fraction of sp³-hybridized carbons (Fsp3) is 0.708. The minimum Gasteiger partial charge on any atom is -0.450 e. The largest absolute Gasteiger partial charge is 0.506 e. The predicted octanol–water partition coefficient (Wildman–Crippen LogP) is 3.08. The van der Waals surface area contributed by atoms with Gasteiger partial charge in [-0.2, -0.15) is 0 Å². The second-order valence-electron chi connectivity index (χ2n) is 9.51. The Balaban J connectivity index is 1.40. The lowest BCUT2D eigenvalue weighted by atomic mass is 9.77. The zero-order valence-electron chi connectivity index (χ0n) is 19.2. The van der Waals surface area contributed by atoms with Gasteiger partial charge in [-0.05, 0) is 75.6 Å². The molecule has 3 saturated heterocycles. The molecule has 0 saturated carbocycles. The highest BCUT2D eigenvalue weighted by Crippen LogP contribution is 2.36. The van der Waals surface area contributed by atoms with E-state index in [4.69, 9.17) is 14.6 Å². The minimum absolute atomic E-state index is 0.0219. The van der Waals surface area contributed by atoms with Gasteiger partial charge in [-0.25, -0.2) is 9.59 Å². The molecule has 9 nitrogen and oxygen atoms in total. The maximum atomic E-state index is 12.3. The molecule has 0 spiro atoms. The van der Waals surface area contributed by atoms with E-state index in [0.29, 0.717) is 12.3 Å². The number of carboxylic acid groups (broad SMARTS) is 1. The number of alkyl carbamates (subject to hydrolysis) is 1. The number of nitrogens with one attached hydrogen (secondary N) is 3. The van der Waals surface area contributed by atoms with Gasteiger partial charge in [0.2, 0.25) is 0 Å². The summed E-state index contributed by atoms with van der Waals surface area (Å²) in [7, 11) is 0. The Labute approximate surface area is 195 Å². The number of piperidine rings is 2. The summed E-state index contributed by atoms with van der Waals surface area (Å²) in [4.78, 5) is 27.9. The standard InChI is InChI=1S/C24H36N4O5/c1-2-15(6-7-17-14-25-11-9-20(17)32-24(30)31)22-21(28-23(29)33-22)16-8-12-27-19(13-16)18-5-3-4-10-26-18/h3-5,10,15-17,19-22,25,27H,2,6-9,11-14H2,1H3,(H,28,29)(H,30,31).